The van der Waals surface area contributed by atoms with Crippen molar-refractivity contribution in [2.45, 2.75) is 19.3 Å². The van der Waals surface area contributed by atoms with Crippen LogP contribution in [0.4, 0.5) is 17.1 Å². The van der Waals surface area contributed by atoms with E-state index in [2.05, 4.69) is 34.5 Å². The van der Waals surface area contributed by atoms with Crippen LogP contribution in [0.1, 0.15) is 11.1 Å². The van der Waals surface area contributed by atoms with Gasteiger partial charge in [-0.2, -0.15) is 0 Å². The monoisotopic (exact) mass is 484 g/mol. The van der Waals surface area contributed by atoms with E-state index in [9.17, 15) is 10.2 Å². The molecule has 0 spiro atoms. The minimum absolute atomic E-state index is 0.0211. The molecule has 0 fully saturated rings. The molecule has 4 aromatic rings. The predicted octanol–water partition coefficient (Wildman–Crippen LogP) is 6.08. The lowest BCUT2D eigenvalue weighted by Crippen LogP contribution is -2.39. The molecule has 4 rings (SSSR count). The first-order valence-corrected chi connectivity index (χ1v) is 11.9. The van der Waals surface area contributed by atoms with E-state index < -0.39 is 0 Å². The van der Waals surface area contributed by atoms with E-state index in [0.29, 0.717) is 26.4 Å². The highest BCUT2D eigenvalue weighted by molar-refractivity contribution is 5.62. The van der Waals surface area contributed by atoms with Crippen molar-refractivity contribution >= 4 is 17.1 Å². The molecule has 36 heavy (non-hydrogen) atoms. The maximum absolute atomic E-state index is 9.50. The highest BCUT2D eigenvalue weighted by atomic mass is 16.5. The second-order valence-corrected chi connectivity index (χ2v) is 8.67. The van der Waals surface area contributed by atoms with Gasteiger partial charge in [0.05, 0.1) is 32.5 Å². The molecule has 0 aromatic heterocycles. The van der Waals surface area contributed by atoms with Crippen molar-refractivity contribution in [3.05, 3.63) is 114 Å². The molecule has 0 unspecified atom stereocenters. The average Bonchev–Trinajstić information content (AvgIpc) is 2.91. The lowest BCUT2D eigenvalue weighted by molar-refractivity contribution is 0.0532. The molecule has 186 valence electrons. The molecule has 0 amide bonds. The highest BCUT2D eigenvalue weighted by Crippen LogP contribution is 2.22. The summed E-state index contributed by atoms with van der Waals surface area (Å²) in [5.74, 6) is 0.480. The van der Waals surface area contributed by atoms with Crippen molar-refractivity contribution in [2.75, 3.05) is 30.5 Å². The third-order valence-corrected chi connectivity index (χ3v) is 5.92. The van der Waals surface area contributed by atoms with Crippen molar-refractivity contribution in [3.63, 3.8) is 0 Å². The second-order valence-electron chi connectivity index (χ2n) is 8.67. The molecule has 0 aliphatic rings. The highest BCUT2D eigenvalue weighted by Gasteiger charge is 2.17. The largest absolute Gasteiger partial charge is 0.508 e. The molecule has 0 bridgehead atoms. The number of likely N-dealkylation sites (N-methyl/N-ethyl adjacent to an activating group) is 1. The van der Waals surface area contributed by atoms with Gasteiger partial charge in [-0.3, -0.25) is 0 Å². The molecule has 3 N–H and O–H groups in total. The Morgan fingerprint density at radius 2 is 1.11 bits per heavy atom. The van der Waals surface area contributed by atoms with Gasteiger partial charge >= 0.3 is 0 Å². The summed E-state index contributed by atoms with van der Waals surface area (Å²) >= 11 is 0. The second kappa shape index (κ2) is 12.6. The molecule has 0 radical (unpaired) electrons. The number of phenolic OH excluding ortho intramolecular Hbond substituents is 2. The summed E-state index contributed by atoms with van der Waals surface area (Å²) in [5, 5.41) is 22.4. The Hall–Kier alpha value is -4.00. The number of rotatable bonds is 12. The molecular weight excluding hydrogens is 452 g/mol. The SMILES string of the molecule is CN(c1ccc(Nc2ccccc2)cc1)C(COCc1ccc(O)cc1)COCc1ccc(O)cc1. The topological polar surface area (TPSA) is 74.2 Å². The summed E-state index contributed by atoms with van der Waals surface area (Å²) in [7, 11) is 2.04. The maximum atomic E-state index is 9.50. The summed E-state index contributed by atoms with van der Waals surface area (Å²) < 4.78 is 12.1. The van der Waals surface area contributed by atoms with Crippen LogP contribution in [0.2, 0.25) is 0 Å². The molecule has 0 atom stereocenters. The molecule has 6 heteroatoms. The number of para-hydroxylation sites is 1. The Morgan fingerprint density at radius 1 is 0.639 bits per heavy atom. The molecular formula is C30H32N2O4. The van der Waals surface area contributed by atoms with E-state index in [4.69, 9.17) is 9.47 Å². The number of nitrogens with zero attached hydrogens (tertiary/aromatic N) is 1. The number of hydrogen-bond acceptors (Lipinski definition) is 6. The zero-order valence-electron chi connectivity index (χ0n) is 20.4. The van der Waals surface area contributed by atoms with Crippen molar-refractivity contribution in [1.82, 2.24) is 0 Å². The van der Waals surface area contributed by atoms with Gasteiger partial charge < -0.3 is 29.9 Å². The zero-order valence-corrected chi connectivity index (χ0v) is 20.4. The fraction of sp³-hybridized carbons (Fsp3) is 0.200. The van der Waals surface area contributed by atoms with Gasteiger partial charge in [-0.05, 0) is 71.8 Å². The quantitative estimate of drug-likeness (QED) is 0.226. The summed E-state index contributed by atoms with van der Waals surface area (Å²) in [5.41, 5.74) is 5.11. The number of hydrogen-bond donors (Lipinski definition) is 3. The molecule has 0 aliphatic heterocycles. The van der Waals surface area contributed by atoms with Crippen LogP contribution in [0.5, 0.6) is 11.5 Å². The number of phenols is 2. The molecule has 0 saturated carbocycles. The fourth-order valence-electron chi connectivity index (χ4n) is 3.76. The Kier molecular flexibility index (Phi) is 8.81. The normalized spacial score (nSPS) is 10.9. The van der Waals surface area contributed by atoms with Crippen LogP contribution < -0.4 is 10.2 Å². The van der Waals surface area contributed by atoms with Gasteiger partial charge in [0.2, 0.25) is 0 Å². The number of benzene rings is 4. The van der Waals surface area contributed by atoms with Crippen LogP contribution in [0.15, 0.2) is 103 Å². The molecule has 0 aliphatic carbocycles. The van der Waals surface area contributed by atoms with Gasteiger partial charge in [0, 0.05) is 24.1 Å². The smallest absolute Gasteiger partial charge is 0.115 e. The van der Waals surface area contributed by atoms with Gasteiger partial charge in [-0.15, -0.1) is 0 Å². The van der Waals surface area contributed by atoms with E-state index in [1.165, 1.54) is 0 Å². The Bertz CT molecular complexity index is 1130. The minimum atomic E-state index is -0.0211. The van der Waals surface area contributed by atoms with Crippen LogP contribution in [-0.4, -0.2) is 36.5 Å². The van der Waals surface area contributed by atoms with E-state index >= 15 is 0 Å². The number of anilines is 3. The van der Waals surface area contributed by atoms with Gasteiger partial charge in [0.1, 0.15) is 11.5 Å². The first-order valence-electron chi connectivity index (χ1n) is 11.9. The maximum Gasteiger partial charge on any atom is 0.115 e. The summed E-state index contributed by atoms with van der Waals surface area (Å²) in [6.45, 7) is 1.83. The summed E-state index contributed by atoms with van der Waals surface area (Å²) in [6.07, 6.45) is 0. The fourth-order valence-corrected chi connectivity index (χ4v) is 3.76. The van der Waals surface area contributed by atoms with Crippen molar-refractivity contribution in [2.24, 2.45) is 0 Å². The molecule has 0 saturated heterocycles. The Balaban J connectivity index is 1.38. The standard InChI is InChI=1S/C30H32N2O4/c1-32(27-13-11-26(12-14-27)31-25-5-3-2-4-6-25)28(21-35-19-23-7-15-29(33)16-8-23)22-36-20-24-9-17-30(34)18-10-24/h2-18,28,31,33-34H,19-22H2,1H3. The lowest BCUT2D eigenvalue weighted by Gasteiger charge is -2.30. The Morgan fingerprint density at radius 3 is 1.61 bits per heavy atom. The van der Waals surface area contributed by atoms with Gasteiger partial charge in [0.15, 0.2) is 0 Å². The summed E-state index contributed by atoms with van der Waals surface area (Å²) in [4.78, 5) is 2.17. The van der Waals surface area contributed by atoms with Gasteiger partial charge in [-0.1, -0.05) is 42.5 Å². The first kappa shape index (κ1) is 25.1. The van der Waals surface area contributed by atoms with Crippen LogP contribution in [0.3, 0.4) is 0 Å². The van der Waals surface area contributed by atoms with Crippen molar-refractivity contribution in [1.29, 1.82) is 0 Å². The predicted molar refractivity (Wildman–Crippen MR) is 144 cm³/mol. The Labute approximate surface area is 212 Å². The average molecular weight is 485 g/mol. The lowest BCUT2D eigenvalue weighted by atomic mass is 10.2. The van der Waals surface area contributed by atoms with Gasteiger partial charge in [0.25, 0.3) is 0 Å². The van der Waals surface area contributed by atoms with E-state index in [0.717, 1.165) is 28.2 Å². The van der Waals surface area contributed by atoms with E-state index in [1.54, 1.807) is 24.3 Å². The minimum Gasteiger partial charge on any atom is -0.508 e. The molecule has 0 heterocycles. The van der Waals surface area contributed by atoms with Crippen LogP contribution in [0, 0.1) is 0 Å². The summed E-state index contributed by atoms with van der Waals surface area (Å²) in [6, 6.07) is 32.4. The molecule has 4 aromatic carbocycles. The first-order chi connectivity index (χ1) is 17.6. The zero-order chi connectivity index (χ0) is 25.2. The number of nitrogens with one attached hydrogen (secondary N) is 1. The number of aromatic hydroxyl groups is 2. The third-order valence-electron chi connectivity index (χ3n) is 5.92. The number of ether oxygens (including phenoxy) is 2. The third kappa shape index (κ3) is 7.50. The van der Waals surface area contributed by atoms with Crippen LogP contribution >= 0.6 is 0 Å². The van der Waals surface area contributed by atoms with E-state index in [1.807, 2.05) is 61.6 Å². The van der Waals surface area contributed by atoms with Gasteiger partial charge in [-0.25, -0.2) is 0 Å². The van der Waals surface area contributed by atoms with Crippen LogP contribution in [0.25, 0.3) is 0 Å². The van der Waals surface area contributed by atoms with Crippen molar-refractivity contribution < 1.29 is 19.7 Å². The molecule has 6 nitrogen and oxygen atoms in total. The van der Waals surface area contributed by atoms with Crippen LogP contribution in [-0.2, 0) is 22.7 Å². The van der Waals surface area contributed by atoms with Crippen molar-refractivity contribution in [3.8, 4) is 11.5 Å². The van der Waals surface area contributed by atoms with E-state index in [-0.39, 0.29) is 17.5 Å².